The summed E-state index contributed by atoms with van der Waals surface area (Å²) in [4.78, 5) is 13.5. The second kappa shape index (κ2) is 11.4. The Hall–Kier alpha value is -1.61. The van der Waals surface area contributed by atoms with Crippen LogP contribution < -0.4 is 5.32 Å². The van der Waals surface area contributed by atoms with Gasteiger partial charge < -0.3 is 19.7 Å². The molecular formula is C21H33IN6. The third kappa shape index (κ3) is 6.20. The fourth-order valence-corrected chi connectivity index (χ4v) is 3.76. The van der Waals surface area contributed by atoms with E-state index in [0.717, 1.165) is 45.1 Å². The van der Waals surface area contributed by atoms with Gasteiger partial charge in [0.2, 0.25) is 0 Å². The number of piperidine rings is 1. The van der Waals surface area contributed by atoms with Crippen LogP contribution in [0.3, 0.4) is 0 Å². The minimum absolute atomic E-state index is 0. The predicted molar refractivity (Wildman–Crippen MR) is 126 cm³/mol. The van der Waals surface area contributed by atoms with Crippen LogP contribution in [0.2, 0.25) is 0 Å². The Labute approximate surface area is 186 Å². The van der Waals surface area contributed by atoms with Crippen molar-refractivity contribution in [2.75, 3.05) is 40.3 Å². The van der Waals surface area contributed by atoms with Crippen molar-refractivity contribution in [3.05, 3.63) is 54.6 Å². The van der Waals surface area contributed by atoms with Crippen molar-refractivity contribution in [2.45, 2.75) is 25.9 Å². The second-order valence-electron chi connectivity index (χ2n) is 7.49. The van der Waals surface area contributed by atoms with Gasteiger partial charge >= 0.3 is 0 Å². The lowest BCUT2D eigenvalue weighted by Crippen LogP contribution is -2.50. The fourth-order valence-electron chi connectivity index (χ4n) is 3.76. The van der Waals surface area contributed by atoms with Crippen LogP contribution in [-0.4, -0.2) is 65.6 Å². The molecule has 154 valence electrons. The number of imidazole rings is 1. The minimum atomic E-state index is 0. The molecule has 1 aromatic heterocycles. The van der Waals surface area contributed by atoms with E-state index in [4.69, 9.17) is 0 Å². The van der Waals surface area contributed by atoms with Crippen molar-refractivity contribution in [1.82, 2.24) is 24.7 Å². The topological polar surface area (TPSA) is 48.7 Å². The number of hydrogen-bond acceptors (Lipinski definition) is 3. The first-order valence-electron chi connectivity index (χ1n) is 9.83. The average Bonchev–Trinajstić information content (AvgIpc) is 3.21. The first kappa shape index (κ1) is 22.7. The van der Waals surface area contributed by atoms with Gasteiger partial charge in [0.25, 0.3) is 0 Å². The van der Waals surface area contributed by atoms with Crippen molar-refractivity contribution >= 4 is 29.9 Å². The number of nitrogens with one attached hydrogen (secondary N) is 1. The van der Waals surface area contributed by atoms with E-state index < -0.39 is 0 Å². The highest BCUT2D eigenvalue weighted by Gasteiger charge is 2.28. The molecule has 0 radical (unpaired) electrons. The zero-order valence-electron chi connectivity index (χ0n) is 17.2. The largest absolute Gasteiger partial charge is 0.355 e. The molecular weight excluding hydrogens is 463 g/mol. The lowest BCUT2D eigenvalue weighted by Gasteiger charge is -2.39. The number of likely N-dealkylation sites (tertiary alicyclic amines) is 1. The van der Waals surface area contributed by atoms with Gasteiger partial charge in [-0.2, -0.15) is 0 Å². The monoisotopic (exact) mass is 496 g/mol. The Bertz CT molecular complexity index is 703. The zero-order valence-corrected chi connectivity index (χ0v) is 19.5. The maximum atomic E-state index is 4.52. The van der Waals surface area contributed by atoms with Crippen LogP contribution in [0.15, 0.2) is 54.0 Å². The summed E-state index contributed by atoms with van der Waals surface area (Å²) in [6.45, 7) is 7.17. The molecule has 7 heteroatoms. The molecule has 1 N–H and O–H groups in total. The summed E-state index contributed by atoms with van der Waals surface area (Å²) in [5, 5.41) is 3.55. The zero-order chi connectivity index (χ0) is 19.1. The molecule has 2 aromatic rings. The van der Waals surface area contributed by atoms with Gasteiger partial charge in [-0.3, -0.25) is 4.99 Å². The van der Waals surface area contributed by atoms with E-state index in [1.165, 1.54) is 5.56 Å². The number of halogens is 1. The van der Waals surface area contributed by atoms with E-state index in [1.807, 2.05) is 19.6 Å². The first-order valence-corrected chi connectivity index (χ1v) is 9.83. The standard InChI is InChI=1S/C21H32N6.HI/c1-18-9-12-26(16-20(18)27-14-10-23-17-27)21(22-2)24-11-13-25(3)15-19-7-5-4-6-8-19;/h4-8,10,14,17-18,20H,9,11-13,15-16H2,1-3H3,(H,22,24);1H. The smallest absolute Gasteiger partial charge is 0.193 e. The van der Waals surface area contributed by atoms with Crippen LogP contribution >= 0.6 is 24.0 Å². The molecule has 1 saturated heterocycles. The Morgan fingerprint density at radius 3 is 2.79 bits per heavy atom. The molecule has 2 unspecified atom stereocenters. The van der Waals surface area contributed by atoms with E-state index in [0.29, 0.717) is 12.0 Å². The van der Waals surface area contributed by atoms with Crippen LogP contribution in [0.4, 0.5) is 0 Å². The van der Waals surface area contributed by atoms with Gasteiger partial charge in [0.1, 0.15) is 0 Å². The van der Waals surface area contributed by atoms with Gasteiger partial charge in [-0.25, -0.2) is 4.98 Å². The third-order valence-electron chi connectivity index (χ3n) is 5.41. The number of nitrogens with zero attached hydrogens (tertiary/aromatic N) is 5. The minimum Gasteiger partial charge on any atom is -0.355 e. The van der Waals surface area contributed by atoms with E-state index in [1.54, 1.807) is 0 Å². The Morgan fingerprint density at radius 1 is 1.32 bits per heavy atom. The highest BCUT2D eigenvalue weighted by atomic mass is 127. The molecule has 0 saturated carbocycles. The molecule has 0 aliphatic carbocycles. The van der Waals surface area contributed by atoms with Crippen molar-refractivity contribution in [2.24, 2.45) is 10.9 Å². The number of likely N-dealkylation sites (N-methyl/N-ethyl adjacent to an activating group) is 1. The summed E-state index contributed by atoms with van der Waals surface area (Å²) in [5.41, 5.74) is 1.34. The molecule has 3 rings (SSSR count). The highest BCUT2D eigenvalue weighted by Crippen LogP contribution is 2.27. The molecule has 0 spiro atoms. The SMILES string of the molecule is CN=C(NCCN(C)Cc1ccccc1)N1CCC(C)C(n2ccnc2)C1.I. The molecule has 28 heavy (non-hydrogen) atoms. The van der Waals surface area contributed by atoms with Crippen LogP contribution in [0.1, 0.15) is 24.9 Å². The average molecular weight is 496 g/mol. The maximum absolute atomic E-state index is 4.52. The first-order chi connectivity index (χ1) is 13.2. The van der Waals surface area contributed by atoms with E-state index >= 15 is 0 Å². The summed E-state index contributed by atoms with van der Waals surface area (Å²) in [5.74, 6) is 1.64. The van der Waals surface area contributed by atoms with Gasteiger partial charge in [-0.15, -0.1) is 24.0 Å². The van der Waals surface area contributed by atoms with E-state index in [9.17, 15) is 0 Å². The van der Waals surface area contributed by atoms with E-state index in [-0.39, 0.29) is 24.0 Å². The molecule has 1 aromatic carbocycles. The number of rotatable bonds is 6. The summed E-state index contributed by atoms with van der Waals surface area (Å²) in [6, 6.07) is 11.0. The van der Waals surface area contributed by atoms with Gasteiger partial charge in [-0.05, 0) is 24.9 Å². The predicted octanol–water partition coefficient (Wildman–Crippen LogP) is 3.09. The normalized spacial score (nSPS) is 20.1. The Balaban J connectivity index is 0.00000280. The molecule has 0 amide bonds. The van der Waals surface area contributed by atoms with Crippen molar-refractivity contribution in [3.63, 3.8) is 0 Å². The maximum Gasteiger partial charge on any atom is 0.193 e. The third-order valence-corrected chi connectivity index (χ3v) is 5.41. The second-order valence-corrected chi connectivity index (χ2v) is 7.49. The number of aromatic nitrogens is 2. The number of benzene rings is 1. The van der Waals surface area contributed by atoms with Crippen LogP contribution in [0, 0.1) is 5.92 Å². The molecule has 2 heterocycles. The van der Waals surface area contributed by atoms with Crippen molar-refractivity contribution in [1.29, 1.82) is 0 Å². The fraction of sp³-hybridized carbons (Fsp3) is 0.524. The van der Waals surface area contributed by atoms with Crippen LogP contribution in [0.5, 0.6) is 0 Å². The lowest BCUT2D eigenvalue weighted by atomic mass is 9.93. The van der Waals surface area contributed by atoms with Crippen LogP contribution in [0.25, 0.3) is 0 Å². The van der Waals surface area contributed by atoms with Crippen LogP contribution in [-0.2, 0) is 6.54 Å². The van der Waals surface area contributed by atoms with Gasteiger partial charge in [0.05, 0.1) is 12.4 Å². The Kier molecular flexibility index (Phi) is 9.24. The molecule has 0 bridgehead atoms. The molecule has 1 aliphatic rings. The number of hydrogen-bond donors (Lipinski definition) is 1. The van der Waals surface area contributed by atoms with Crippen molar-refractivity contribution < 1.29 is 0 Å². The molecule has 6 nitrogen and oxygen atoms in total. The molecule has 2 atom stereocenters. The summed E-state index contributed by atoms with van der Waals surface area (Å²) >= 11 is 0. The summed E-state index contributed by atoms with van der Waals surface area (Å²) < 4.78 is 2.23. The highest BCUT2D eigenvalue weighted by molar-refractivity contribution is 14.0. The molecule has 1 fully saturated rings. The quantitative estimate of drug-likeness (QED) is 0.380. The van der Waals surface area contributed by atoms with Gasteiger partial charge in [-0.1, -0.05) is 37.3 Å². The molecule has 1 aliphatic heterocycles. The summed E-state index contributed by atoms with van der Waals surface area (Å²) in [6.07, 6.45) is 7.03. The van der Waals surface area contributed by atoms with E-state index in [2.05, 4.69) is 80.2 Å². The Morgan fingerprint density at radius 2 is 2.11 bits per heavy atom. The number of aliphatic imine (C=N–C) groups is 1. The van der Waals surface area contributed by atoms with Crippen molar-refractivity contribution in [3.8, 4) is 0 Å². The summed E-state index contributed by atoms with van der Waals surface area (Å²) in [7, 11) is 4.04. The van der Waals surface area contributed by atoms with Gasteiger partial charge in [0, 0.05) is 52.2 Å². The number of guanidine groups is 1. The van der Waals surface area contributed by atoms with Gasteiger partial charge in [0.15, 0.2) is 5.96 Å². The lowest BCUT2D eigenvalue weighted by molar-refractivity contribution is 0.188.